The van der Waals surface area contributed by atoms with Crippen LogP contribution in [0.1, 0.15) is 13.8 Å². The van der Waals surface area contributed by atoms with Crippen LogP contribution in [0.2, 0.25) is 0 Å². The molecule has 0 amide bonds. The van der Waals surface area contributed by atoms with E-state index in [0.29, 0.717) is 4.38 Å². The van der Waals surface area contributed by atoms with Crippen LogP contribution in [0.5, 0.6) is 0 Å². The Balaban J connectivity index is 2.84. The molecule has 0 aromatic heterocycles. The molecule has 1 aromatic carbocycles. The summed E-state index contributed by atoms with van der Waals surface area (Å²) >= 11 is 0. The Kier molecular flexibility index (Phi) is 3.26. The Morgan fingerprint density at radius 1 is 1.29 bits per heavy atom. The zero-order valence-corrected chi connectivity index (χ0v) is 11.1. The molecule has 0 bridgehead atoms. The lowest BCUT2D eigenvalue weighted by Crippen LogP contribution is -2.04. The van der Waals surface area contributed by atoms with Crippen LogP contribution in [0.15, 0.2) is 38.7 Å². The topological polar surface area (TPSA) is 58.9 Å². The first-order valence-corrected chi connectivity index (χ1v) is 7.91. The van der Waals surface area contributed by atoms with Crippen molar-refractivity contribution in [1.29, 1.82) is 0 Å². The van der Waals surface area contributed by atoms with Crippen LogP contribution in [-0.2, 0) is 11.0 Å². The quantitative estimate of drug-likeness (QED) is 0.446. The van der Waals surface area contributed by atoms with Crippen LogP contribution >= 0.6 is 9.21 Å². The van der Waals surface area contributed by atoms with E-state index in [1.54, 1.807) is 0 Å². The summed E-state index contributed by atoms with van der Waals surface area (Å²) in [6.07, 6.45) is 0. The van der Waals surface area contributed by atoms with E-state index in [1.807, 2.05) is 48.8 Å². The van der Waals surface area contributed by atoms with E-state index in [9.17, 15) is 9.12 Å². The number of benzene rings is 1. The lowest BCUT2D eigenvalue weighted by molar-refractivity contribution is 0.691. The second-order valence-electron chi connectivity index (χ2n) is 3.35. The highest BCUT2D eigenvalue weighted by atomic mass is 32.3. The Bertz CT molecular complexity index is 639. The molecule has 0 aliphatic carbocycles. The van der Waals surface area contributed by atoms with Crippen LogP contribution < -0.4 is 0 Å². The fraction of sp³-hybridized carbons (Fsp3) is 0.182. The summed E-state index contributed by atoms with van der Waals surface area (Å²) in [6.45, 7) is 3.80. The Morgan fingerprint density at radius 2 is 1.94 bits per heavy atom. The summed E-state index contributed by atoms with van der Waals surface area (Å²) in [5, 5.41) is 3.95. The molecule has 0 radical (unpaired) electrons. The molecule has 1 aliphatic heterocycles. The molecular weight excluding hydrogens is 256 g/mol. The van der Waals surface area contributed by atoms with Crippen molar-refractivity contribution < 1.29 is 4.21 Å². The molecule has 1 aromatic rings. The van der Waals surface area contributed by atoms with Crippen molar-refractivity contribution in [1.82, 2.24) is 0 Å². The van der Waals surface area contributed by atoms with Gasteiger partial charge in [-0.25, -0.2) is 9.20 Å². The molecule has 1 aliphatic rings. The summed E-state index contributed by atoms with van der Waals surface area (Å²) in [5.41, 5.74) is 0.783. The molecule has 2 rings (SSSR count). The first kappa shape index (κ1) is 12.2. The van der Waals surface area contributed by atoms with Crippen molar-refractivity contribution in [2.75, 3.05) is 0 Å². The van der Waals surface area contributed by atoms with Crippen LogP contribution in [0, 0.1) is 4.91 Å². The Hall–Kier alpha value is -1.27. The number of hydrogen-bond acceptors (Lipinski definition) is 3. The van der Waals surface area contributed by atoms with Crippen molar-refractivity contribution in [2.24, 2.45) is 9.57 Å². The number of rotatable bonds is 1. The first-order valence-electron chi connectivity index (χ1n) is 5.04. The maximum Gasteiger partial charge on any atom is 0.237 e. The molecule has 17 heavy (non-hydrogen) atoms. The second kappa shape index (κ2) is 4.54. The van der Waals surface area contributed by atoms with Crippen molar-refractivity contribution in [3.8, 4) is 0 Å². The largest absolute Gasteiger partial charge is 0.237 e. The lowest BCUT2D eigenvalue weighted by Gasteiger charge is -2.11. The molecular formula is C11H12N2O2S2. The van der Waals surface area contributed by atoms with Gasteiger partial charge in [0.25, 0.3) is 0 Å². The van der Waals surface area contributed by atoms with Gasteiger partial charge in [-0.1, -0.05) is 22.9 Å². The van der Waals surface area contributed by atoms with Crippen LogP contribution in [0.4, 0.5) is 5.69 Å². The van der Waals surface area contributed by atoms with Crippen molar-refractivity contribution in [3.63, 3.8) is 0 Å². The van der Waals surface area contributed by atoms with Gasteiger partial charge in [0.15, 0.2) is 4.38 Å². The van der Waals surface area contributed by atoms with E-state index >= 15 is 0 Å². The standard InChI is InChI=1S/C11H12N2O2S2/c1-3-17(4-2)10-8-6-5-7-9(10)12-11(17)16(15)13-14/h3-8H,1-2H3. The summed E-state index contributed by atoms with van der Waals surface area (Å²) in [4.78, 5) is 15.9. The van der Waals surface area contributed by atoms with E-state index in [4.69, 9.17) is 0 Å². The summed E-state index contributed by atoms with van der Waals surface area (Å²) in [5.74, 6) is 0. The molecule has 1 unspecified atom stereocenters. The summed E-state index contributed by atoms with van der Waals surface area (Å²) < 4.78 is 14.7. The molecule has 6 heteroatoms. The molecule has 1 atom stereocenters. The van der Waals surface area contributed by atoms with Crippen molar-refractivity contribution in [2.45, 2.75) is 18.7 Å². The zero-order valence-electron chi connectivity index (χ0n) is 9.49. The van der Waals surface area contributed by atoms with E-state index < -0.39 is 20.2 Å². The van der Waals surface area contributed by atoms with Gasteiger partial charge in [-0.05, 0) is 26.0 Å². The molecule has 90 valence electrons. The molecule has 1 heterocycles. The van der Waals surface area contributed by atoms with E-state index in [1.165, 1.54) is 0 Å². The maximum absolute atomic E-state index is 11.7. The zero-order chi connectivity index (χ0) is 12.5. The van der Waals surface area contributed by atoms with Gasteiger partial charge in [-0.3, -0.25) is 0 Å². The monoisotopic (exact) mass is 268 g/mol. The second-order valence-corrected chi connectivity index (χ2v) is 7.83. The van der Waals surface area contributed by atoms with Crippen LogP contribution in [-0.4, -0.2) is 19.3 Å². The summed E-state index contributed by atoms with van der Waals surface area (Å²) in [6, 6.07) is 7.61. The highest BCUT2D eigenvalue weighted by Gasteiger charge is 2.28. The number of hydrogen-bond donors (Lipinski definition) is 0. The van der Waals surface area contributed by atoms with E-state index in [0.717, 1.165) is 10.6 Å². The van der Waals surface area contributed by atoms with Gasteiger partial charge in [0.2, 0.25) is 11.0 Å². The third kappa shape index (κ3) is 1.68. The van der Waals surface area contributed by atoms with Crippen molar-refractivity contribution in [3.05, 3.63) is 29.2 Å². The minimum Gasteiger partial charge on any atom is -0.230 e. The molecule has 0 fully saturated rings. The number of fused-ring (bicyclic) bond motifs is 1. The molecule has 0 spiro atoms. The summed E-state index contributed by atoms with van der Waals surface area (Å²) in [7, 11) is -3.55. The van der Waals surface area contributed by atoms with Crippen LogP contribution in [0.3, 0.4) is 0 Å². The van der Waals surface area contributed by atoms with E-state index in [-0.39, 0.29) is 0 Å². The number of nitroso groups, excluding NO2 is 1. The van der Waals surface area contributed by atoms with Gasteiger partial charge in [0.1, 0.15) is 0 Å². The number of para-hydroxylation sites is 1. The first-order chi connectivity index (χ1) is 8.19. The third-order valence-electron chi connectivity index (χ3n) is 2.69. The highest BCUT2D eigenvalue weighted by Crippen LogP contribution is 2.49. The molecule has 4 nitrogen and oxygen atoms in total. The van der Waals surface area contributed by atoms with E-state index in [2.05, 4.69) is 9.57 Å². The number of aliphatic imine (C=N–C) groups is 1. The van der Waals surface area contributed by atoms with Gasteiger partial charge in [0.05, 0.1) is 5.69 Å². The number of nitrogens with zero attached hydrogens (tertiary/aromatic N) is 2. The maximum atomic E-state index is 11.7. The fourth-order valence-electron chi connectivity index (χ4n) is 1.88. The average molecular weight is 268 g/mol. The molecule has 0 saturated heterocycles. The fourth-order valence-corrected chi connectivity index (χ4v) is 6.39. The highest BCUT2D eigenvalue weighted by molar-refractivity contribution is 8.51. The van der Waals surface area contributed by atoms with Gasteiger partial charge in [0, 0.05) is 9.48 Å². The molecule has 0 saturated carbocycles. The van der Waals surface area contributed by atoms with Crippen LogP contribution in [0.25, 0.3) is 0 Å². The Labute approximate surface area is 103 Å². The SMILES string of the molecule is CC=S1(=CC)C(S(=O)N=O)=Nc2ccccc21. The third-order valence-corrected chi connectivity index (χ3v) is 7.70. The predicted molar refractivity (Wildman–Crippen MR) is 76.8 cm³/mol. The van der Waals surface area contributed by atoms with Gasteiger partial charge < -0.3 is 0 Å². The smallest absolute Gasteiger partial charge is 0.230 e. The van der Waals surface area contributed by atoms with Gasteiger partial charge in [-0.15, -0.1) is 14.1 Å². The Morgan fingerprint density at radius 3 is 2.53 bits per heavy atom. The average Bonchev–Trinajstić information content (AvgIpc) is 2.72. The molecule has 0 N–H and O–H groups in total. The minimum absolute atomic E-state index is 0.374. The normalized spacial score (nSPS) is 17.9. The van der Waals surface area contributed by atoms with Gasteiger partial charge in [-0.2, -0.15) is 0 Å². The predicted octanol–water partition coefficient (Wildman–Crippen LogP) is 2.93. The lowest BCUT2D eigenvalue weighted by atomic mass is 10.3. The van der Waals surface area contributed by atoms with Gasteiger partial charge >= 0.3 is 0 Å². The minimum atomic E-state index is -1.90. The van der Waals surface area contributed by atoms with Crippen molar-refractivity contribution >= 4 is 41.0 Å².